The van der Waals surface area contributed by atoms with Gasteiger partial charge in [0.05, 0.1) is 0 Å². The molecule has 0 bridgehead atoms. The Bertz CT molecular complexity index is 283. The van der Waals surface area contributed by atoms with Crippen LogP contribution >= 0.6 is 0 Å². The first-order valence-corrected chi connectivity index (χ1v) is 4.90. The molecule has 3 N–H and O–H groups in total. The number of hydrogen-bond donors (Lipinski definition) is 2. The molecule has 1 heterocycles. The highest BCUT2D eigenvalue weighted by Gasteiger charge is 2.15. The van der Waals surface area contributed by atoms with Gasteiger partial charge in [0.2, 0.25) is 0 Å². The summed E-state index contributed by atoms with van der Waals surface area (Å²) in [5, 5.41) is 3.50. The second kappa shape index (κ2) is 3.90. The fourth-order valence-corrected chi connectivity index (χ4v) is 1.93. The maximum absolute atomic E-state index is 5.54. The lowest BCUT2D eigenvalue weighted by atomic mass is 9.94. The molecule has 2 rings (SSSR count). The monoisotopic (exact) mass is 176 g/mol. The number of hydrogen-bond acceptors (Lipinski definition) is 2. The minimum atomic E-state index is 0.583. The lowest BCUT2D eigenvalue weighted by Crippen LogP contribution is -2.36. The molecule has 2 heteroatoms. The Kier molecular flexibility index (Phi) is 2.62. The van der Waals surface area contributed by atoms with E-state index >= 15 is 0 Å². The van der Waals surface area contributed by atoms with Crippen LogP contribution in [0, 0.1) is 0 Å². The Hall–Kier alpha value is -0.860. The van der Waals surface area contributed by atoms with Gasteiger partial charge in [-0.05, 0) is 30.5 Å². The summed E-state index contributed by atoms with van der Waals surface area (Å²) >= 11 is 0. The van der Waals surface area contributed by atoms with E-state index in [2.05, 4.69) is 29.6 Å². The number of benzene rings is 1. The zero-order chi connectivity index (χ0) is 9.10. The van der Waals surface area contributed by atoms with Crippen LogP contribution in [0.15, 0.2) is 24.3 Å². The average Bonchev–Trinajstić information content (AvgIpc) is 2.18. The quantitative estimate of drug-likeness (QED) is 0.707. The van der Waals surface area contributed by atoms with Crippen LogP contribution in [-0.4, -0.2) is 12.6 Å². The lowest BCUT2D eigenvalue weighted by molar-refractivity contribution is 0.457. The summed E-state index contributed by atoms with van der Waals surface area (Å²) < 4.78 is 0. The van der Waals surface area contributed by atoms with Gasteiger partial charge in [0.15, 0.2) is 0 Å². The summed E-state index contributed by atoms with van der Waals surface area (Å²) in [6.07, 6.45) is 2.21. The zero-order valence-corrected chi connectivity index (χ0v) is 7.79. The van der Waals surface area contributed by atoms with Gasteiger partial charge in [0.25, 0.3) is 0 Å². The lowest BCUT2D eigenvalue weighted by Gasteiger charge is -2.25. The van der Waals surface area contributed by atoms with Crippen molar-refractivity contribution in [2.45, 2.75) is 25.4 Å². The van der Waals surface area contributed by atoms with Crippen molar-refractivity contribution in [3.05, 3.63) is 35.4 Å². The molecule has 13 heavy (non-hydrogen) atoms. The summed E-state index contributed by atoms with van der Waals surface area (Å²) in [4.78, 5) is 0. The van der Waals surface area contributed by atoms with Gasteiger partial charge in [-0.25, -0.2) is 0 Å². The minimum Gasteiger partial charge on any atom is -0.330 e. The van der Waals surface area contributed by atoms with Crippen LogP contribution in [0.5, 0.6) is 0 Å². The number of nitrogens with two attached hydrogens (primary N) is 1. The van der Waals surface area contributed by atoms with Gasteiger partial charge >= 0.3 is 0 Å². The largest absolute Gasteiger partial charge is 0.330 e. The number of nitrogens with one attached hydrogen (secondary N) is 1. The first kappa shape index (κ1) is 8.73. The molecule has 0 saturated carbocycles. The van der Waals surface area contributed by atoms with Crippen LogP contribution in [0.25, 0.3) is 0 Å². The third-order valence-corrected chi connectivity index (χ3v) is 2.68. The van der Waals surface area contributed by atoms with Crippen molar-refractivity contribution in [3.8, 4) is 0 Å². The van der Waals surface area contributed by atoms with Crippen molar-refractivity contribution >= 4 is 0 Å². The van der Waals surface area contributed by atoms with E-state index in [9.17, 15) is 0 Å². The van der Waals surface area contributed by atoms with Gasteiger partial charge in [-0.2, -0.15) is 0 Å². The third-order valence-electron chi connectivity index (χ3n) is 2.68. The third kappa shape index (κ3) is 1.90. The molecule has 1 aromatic carbocycles. The molecule has 70 valence electrons. The second-order valence-corrected chi connectivity index (χ2v) is 3.63. The van der Waals surface area contributed by atoms with E-state index in [1.807, 2.05) is 0 Å². The summed E-state index contributed by atoms with van der Waals surface area (Å²) in [5.41, 5.74) is 8.47. The Labute approximate surface area is 79.1 Å². The first-order chi connectivity index (χ1) is 6.40. The Balaban J connectivity index is 2.11. The molecular formula is C11H16N2. The fraction of sp³-hybridized carbons (Fsp3) is 0.455. The zero-order valence-electron chi connectivity index (χ0n) is 7.79. The molecule has 0 radical (unpaired) electrons. The van der Waals surface area contributed by atoms with Crippen molar-refractivity contribution in [2.24, 2.45) is 5.73 Å². The summed E-state index contributed by atoms with van der Waals surface area (Å²) in [5.74, 6) is 0. The Morgan fingerprint density at radius 1 is 1.31 bits per heavy atom. The molecule has 2 nitrogen and oxygen atoms in total. The molecule has 0 fully saturated rings. The molecule has 0 spiro atoms. The fourth-order valence-electron chi connectivity index (χ4n) is 1.93. The standard InChI is InChI=1S/C11H16N2/c12-6-5-11-7-9-3-1-2-4-10(9)8-13-11/h1-4,11,13H,5-8,12H2/t11-/m0/s1. The Morgan fingerprint density at radius 2 is 2.08 bits per heavy atom. The van der Waals surface area contributed by atoms with Gasteiger partial charge in [-0.1, -0.05) is 24.3 Å². The first-order valence-electron chi connectivity index (χ1n) is 4.90. The minimum absolute atomic E-state index is 0.583. The van der Waals surface area contributed by atoms with Gasteiger partial charge in [-0.15, -0.1) is 0 Å². The highest BCUT2D eigenvalue weighted by molar-refractivity contribution is 5.29. The van der Waals surface area contributed by atoms with E-state index < -0.39 is 0 Å². The van der Waals surface area contributed by atoms with Gasteiger partial charge in [-0.3, -0.25) is 0 Å². The van der Waals surface area contributed by atoms with Crippen molar-refractivity contribution in [3.63, 3.8) is 0 Å². The van der Waals surface area contributed by atoms with Crippen LogP contribution in [-0.2, 0) is 13.0 Å². The van der Waals surface area contributed by atoms with Crippen LogP contribution in [0.1, 0.15) is 17.5 Å². The van der Waals surface area contributed by atoms with Crippen LogP contribution in [0.4, 0.5) is 0 Å². The highest BCUT2D eigenvalue weighted by Crippen LogP contribution is 2.17. The van der Waals surface area contributed by atoms with E-state index in [0.29, 0.717) is 6.04 Å². The van der Waals surface area contributed by atoms with Crippen molar-refractivity contribution in [1.29, 1.82) is 0 Å². The maximum Gasteiger partial charge on any atom is 0.0210 e. The summed E-state index contributed by atoms with van der Waals surface area (Å²) in [7, 11) is 0. The SMILES string of the molecule is NCC[C@H]1Cc2ccccc2CN1. The molecule has 0 saturated heterocycles. The molecule has 1 atom stereocenters. The molecule has 0 amide bonds. The van der Waals surface area contributed by atoms with Crippen molar-refractivity contribution < 1.29 is 0 Å². The average molecular weight is 176 g/mol. The molecule has 0 unspecified atom stereocenters. The Morgan fingerprint density at radius 3 is 2.85 bits per heavy atom. The molecular weight excluding hydrogens is 160 g/mol. The van der Waals surface area contributed by atoms with Crippen molar-refractivity contribution in [2.75, 3.05) is 6.54 Å². The number of fused-ring (bicyclic) bond motifs is 1. The predicted octanol–water partition coefficient (Wildman–Crippen LogP) is 1.05. The van der Waals surface area contributed by atoms with Crippen molar-refractivity contribution in [1.82, 2.24) is 5.32 Å². The molecule has 0 aromatic heterocycles. The van der Waals surface area contributed by atoms with Gasteiger partial charge in [0.1, 0.15) is 0 Å². The van der Waals surface area contributed by atoms with Gasteiger partial charge < -0.3 is 11.1 Å². The normalized spacial score (nSPS) is 21.2. The van der Waals surface area contributed by atoms with Gasteiger partial charge in [0, 0.05) is 12.6 Å². The van der Waals surface area contributed by atoms with E-state index in [4.69, 9.17) is 5.73 Å². The summed E-state index contributed by atoms with van der Waals surface area (Å²) in [6, 6.07) is 9.22. The van der Waals surface area contributed by atoms with E-state index in [0.717, 1.165) is 25.9 Å². The summed E-state index contributed by atoms with van der Waals surface area (Å²) in [6.45, 7) is 1.78. The maximum atomic E-state index is 5.54. The van der Waals surface area contributed by atoms with E-state index in [1.54, 1.807) is 0 Å². The number of rotatable bonds is 2. The topological polar surface area (TPSA) is 38.0 Å². The van der Waals surface area contributed by atoms with E-state index in [1.165, 1.54) is 11.1 Å². The van der Waals surface area contributed by atoms with Crippen LogP contribution < -0.4 is 11.1 Å². The molecule has 1 aliphatic rings. The molecule has 1 aromatic rings. The van der Waals surface area contributed by atoms with E-state index in [-0.39, 0.29) is 0 Å². The molecule has 1 aliphatic heterocycles. The smallest absolute Gasteiger partial charge is 0.0210 e. The van der Waals surface area contributed by atoms with Crippen LogP contribution in [0.3, 0.4) is 0 Å². The molecule has 0 aliphatic carbocycles. The highest BCUT2D eigenvalue weighted by atomic mass is 14.9. The predicted molar refractivity (Wildman–Crippen MR) is 54.4 cm³/mol. The second-order valence-electron chi connectivity index (χ2n) is 3.63. The van der Waals surface area contributed by atoms with Crippen LogP contribution in [0.2, 0.25) is 0 Å².